The lowest BCUT2D eigenvalue weighted by molar-refractivity contribution is 0.295. The summed E-state index contributed by atoms with van der Waals surface area (Å²) in [6.45, 7) is 3.29. The second-order valence-corrected chi connectivity index (χ2v) is 4.12. The molecule has 0 radical (unpaired) electrons. The van der Waals surface area contributed by atoms with Crippen molar-refractivity contribution < 1.29 is 4.74 Å². The van der Waals surface area contributed by atoms with Crippen molar-refractivity contribution in [2.45, 2.75) is 20.1 Å². The fourth-order valence-electron chi connectivity index (χ4n) is 1.59. The maximum absolute atomic E-state index is 8.74. The summed E-state index contributed by atoms with van der Waals surface area (Å²) in [4.78, 5) is 4.06. The van der Waals surface area contributed by atoms with Gasteiger partial charge in [0, 0.05) is 6.54 Å². The Bertz CT molecular complexity index is 586. The first kappa shape index (κ1) is 12.5. The fourth-order valence-corrected chi connectivity index (χ4v) is 1.83. The molecule has 0 aliphatic carbocycles. The summed E-state index contributed by atoms with van der Waals surface area (Å²) in [5.41, 5.74) is 1.50. The molecule has 0 saturated carbocycles. The molecule has 0 N–H and O–H groups in total. The van der Waals surface area contributed by atoms with E-state index in [-0.39, 0.29) is 0 Å². The summed E-state index contributed by atoms with van der Waals surface area (Å²) < 4.78 is 7.62. The standard InChI is InChI=1S/C13H12ClN3O/c1-2-17-9-16-7-11(17)8-18-13-4-3-10(6-15)5-12(13)14/h3-5,7,9H,2,8H2,1H3. The normalized spacial score (nSPS) is 10.1. The van der Waals surface area contributed by atoms with Crippen LogP contribution in [0.5, 0.6) is 5.75 Å². The van der Waals surface area contributed by atoms with Gasteiger partial charge in [-0.25, -0.2) is 4.98 Å². The van der Waals surface area contributed by atoms with Crippen LogP contribution in [0.4, 0.5) is 0 Å². The van der Waals surface area contributed by atoms with Crippen molar-refractivity contribution in [1.29, 1.82) is 5.26 Å². The molecule has 0 aliphatic heterocycles. The van der Waals surface area contributed by atoms with Crippen LogP contribution in [-0.4, -0.2) is 9.55 Å². The molecule has 2 aromatic rings. The topological polar surface area (TPSA) is 50.8 Å². The van der Waals surface area contributed by atoms with E-state index in [1.807, 2.05) is 17.6 Å². The average molecular weight is 262 g/mol. The van der Waals surface area contributed by atoms with Crippen molar-refractivity contribution in [3.05, 3.63) is 47.0 Å². The maximum Gasteiger partial charge on any atom is 0.138 e. The third kappa shape index (κ3) is 2.63. The lowest BCUT2D eigenvalue weighted by atomic mass is 10.2. The zero-order chi connectivity index (χ0) is 13.0. The second kappa shape index (κ2) is 5.56. The smallest absolute Gasteiger partial charge is 0.138 e. The molecule has 2 rings (SSSR count). The molecule has 1 aromatic heterocycles. The first-order chi connectivity index (χ1) is 8.74. The number of imidazole rings is 1. The van der Waals surface area contributed by atoms with Gasteiger partial charge in [0.15, 0.2) is 0 Å². The molecule has 92 valence electrons. The van der Waals surface area contributed by atoms with E-state index in [1.54, 1.807) is 30.7 Å². The Labute approximate surface area is 110 Å². The number of hydrogen-bond acceptors (Lipinski definition) is 3. The van der Waals surface area contributed by atoms with E-state index in [1.165, 1.54) is 0 Å². The zero-order valence-electron chi connectivity index (χ0n) is 9.93. The fraction of sp³-hybridized carbons (Fsp3) is 0.231. The van der Waals surface area contributed by atoms with Gasteiger partial charge in [-0.3, -0.25) is 0 Å². The molecule has 5 heteroatoms. The summed E-state index contributed by atoms with van der Waals surface area (Å²) in [6.07, 6.45) is 3.53. The van der Waals surface area contributed by atoms with Gasteiger partial charge in [-0.15, -0.1) is 0 Å². The minimum atomic E-state index is 0.402. The van der Waals surface area contributed by atoms with Crippen molar-refractivity contribution >= 4 is 11.6 Å². The van der Waals surface area contributed by atoms with Crippen LogP contribution >= 0.6 is 11.6 Å². The van der Waals surface area contributed by atoms with Gasteiger partial charge in [0.25, 0.3) is 0 Å². The van der Waals surface area contributed by atoms with Gasteiger partial charge in [-0.1, -0.05) is 11.6 Å². The van der Waals surface area contributed by atoms with Crippen LogP contribution in [0.3, 0.4) is 0 Å². The molecule has 4 nitrogen and oxygen atoms in total. The Hall–Kier alpha value is -1.99. The molecule has 0 unspecified atom stereocenters. The Kier molecular flexibility index (Phi) is 3.85. The number of ether oxygens (including phenoxy) is 1. The minimum absolute atomic E-state index is 0.402. The van der Waals surface area contributed by atoms with Gasteiger partial charge < -0.3 is 9.30 Å². The van der Waals surface area contributed by atoms with Crippen LogP contribution < -0.4 is 4.74 Å². The number of benzene rings is 1. The highest BCUT2D eigenvalue weighted by atomic mass is 35.5. The number of hydrogen-bond donors (Lipinski definition) is 0. The Morgan fingerprint density at radius 1 is 1.50 bits per heavy atom. The van der Waals surface area contributed by atoms with Gasteiger partial charge in [0.05, 0.1) is 34.9 Å². The summed E-state index contributed by atoms with van der Waals surface area (Å²) >= 11 is 6.02. The third-order valence-corrected chi connectivity index (χ3v) is 2.87. The lowest BCUT2D eigenvalue weighted by Gasteiger charge is -2.09. The van der Waals surface area contributed by atoms with E-state index in [0.717, 1.165) is 12.2 Å². The average Bonchev–Trinajstić information content (AvgIpc) is 2.84. The van der Waals surface area contributed by atoms with E-state index in [0.29, 0.717) is 22.9 Å². The van der Waals surface area contributed by atoms with E-state index in [2.05, 4.69) is 4.98 Å². The van der Waals surface area contributed by atoms with E-state index in [4.69, 9.17) is 21.6 Å². The molecule has 0 amide bonds. The number of rotatable bonds is 4. The van der Waals surface area contributed by atoms with Crippen LogP contribution in [0.1, 0.15) is 18.2 Å². The molecule has 0 spiro atoms. The van der Waals surface area contributed by atoms with Crippen molar-refractivity contribution in [2.24, 2.45) is 0 Å². The summed E-state index contributed by atoms with van der Waals surface area (Å²) in [7, 11) is 0. The first-order valence-corrected chi connectivity index (χ1v) is 5.94. The molecule has 0 bridgehead atoms. The quantitative estimate of drug-likeness (QED) is 0.850. The van der Waals surface area contributed by atoms with Crippen molar-refractivity contribution in [3.8, 4) is 11.8 Å². The summed E-state index contributed by atoms with van der Waals surface area (Å²) in [6, 6.07) is 7.00. The highest BCUT2D eigenvalue weighted by Crippen LogP contribution is 2.25. The van der Waals surface area contributed by atoms with E-state index < -0.39 is 0 Å². The largest absolute Gasteiger partial charge is 0.486 e. The number of nitrogens with zero attached hydrogens (tertiary/aromatic N) is 3. The Morgan fingerprint density at radius 2 is 2.33 bits per heavy atom. The highest BCUT2D eigenvalue weighted by molar-refractivity contribution is 6.32. The van der Waals surface area contributed by atoms with Gasteiger partial charge >= 0.3 is 0 Å². The third-order valence-electron chi connectivity index (χ3n) is 2.58. The van der Waals surface area contributed by atoms with Crippen LogP contribution in [0.15, 0.2) is 30.7 Å². The zero-order valence-corrected chi connectivity index (χ0v) is 10.7. The number of nitriles is 1. The van der Waals surface area contributed by atoms with Crippen molar-refractivity contribution in [1.82, 2.24) is 9.55 Å². The monoisotopic (exact) mass is 261 g/mol. The first-order valence-electron chi connectivity index (χ1n) is 5.56. The molecule has 0 aliphatic rings. The van der Waals surface area contributed by atoms with Gasteiger partial charge in [0.1, 0.15) is 12.4 Å². The van der Waals surface area contributed by atoms with Crippen LogP contribution in [0, 0.1) is 11.3 Å². The van der Waals surface area contributed by atoms with E-state index in [9.17, 15) is 0 Å². The Morgan fingerprint density at radius 3 is 3.00 bits per heavy atom. The second-order valence-electron chi connectivity index (χ2n) is 3.72. The molecule has 18 heavy (non-hydrogen) atoms. The number of aryl methyl sites for hydroxylation is 1. The summed E-state index contributed by atoms with van der Waals surface area (Å²) in [5, 5.41) is 9.18. The molecule has 0 saturated heterocycles. The van der Waals surface area contributed by atoms with Crippen molar-refractivity contribution in [2.75, 3.05) is 0 Å². The van der Waals surface area contributed by atoms with Gasteiger partial charge in [0.2, 0.25) is 0 Å². The predicted molar refractivity (Wildman–Crippen MR) is 68.4 cm³/mol. The summed E-state index contributed by atoms with van der Waals surface area (Å²) in [5.74, 6) is 0.569. The predicted octanol–water partition coefficient (Wildman–Crippen LogP) is 3.01. The van der Waals surface area contributed by atoms with Crippen LogP contribution in [0.2, 0.25) is 5.02 Å². The molecule has 1 aromatic carbocycles. The Balaban J connectivity index is 2.09. The minimum Gasteiger partial charge on any atom is -0.486 e. The van der Waals surface area contributed by atoms with E-state index >= 15 is 0 Å². The van der Waals surface area contributed by atoms with Crippen LogP contribution in [0.25, 0.3) is 0 Å². The SMILES string of the molecule is CCn1cncc1COc1ccc(C#N)cc1Cl. The highest BCUT2D eigenvalue weighted by Gasteiger charge is 2.05. The van der Waals surface area contributed by atoms with Crippen molar-refractivity contribution in [3.63, 3.8) is 0 Å². The molecule has 0 atom stereocenters. The van der Waals surface area contributed by atoms with Crippen LogP contribution in [-0.2, 0) is 13.2 Å². The van der Waals surface area contributed by atoms with Gasteiger partial charge in [-0.2, -0.15) is 5.26 Å². The molecular formula is C13H12ClN3O. The number of aromatic nitrogens is 2. The molecule has 1 heterocycles. The maximum atomic E-state index is 8.74. The molecular weight excluding hydrogens is 250 g/mol. The molecule has 0 fully saturated rings. The number of halogens is 1. The lowest BCUT2D eigenvalue weighted by Crippen LogP contribution is -2.03. The van der Waals surface area contributed by atoms with Gasteiger partial charge in [-0.05, 0) is 25.1 Å².